The number of ether oxygens (including phenoxy) is 3. The van der Waals surface area contributed by atoms with Crippen LogP contribution in [0.4, 0.5) is 8.78 Å². The molecule has 4 nitrogen and oxygen atoms in total. The van der Waals surface area contributed by atoms with E-state index >= 15 is 0 Å². The van der Waals surface area contributed by atoms with Gasteiger partial charge in [0.1, 0.15) is 5.76 Å². The monoisotopic (exact) mass is 578 g/mol. The van der Waals surface area contributed by atoms with Crippen molar-refractivity contribution in [1.82, 2.24) is 0 Å². The molecule has 6 heteroatoms. The SMILES string of the molecule is CCCC1(C)C=CC(OC(=O)c2ccc(C3CCC4CC(COc5ccc(OCC)c(F)c5F)CCC4C3)cc2)=CC1. The van der Waals surface area contributed by atoms with Crippen molar-refractivity contribution < 1.29 is 27.8 Å². The van der Waals surface area contributed by atoms with Gasteiger partial charge in [-0.15, -0.1) is 0 Å². The van der Waals surface area contributed by atoms with E-state index in [2.05, 4.69) is 32.1 Å². The second-order valence-electron chi connectivity index (χ2n) is 12.7. The van der Waals surface area contributed by atoms with Crippen molar-refractivity contribution in [3.63, 3.8) is 0 Å². The van der Waals surface area contributed by atoms with Gasteiger partial charge in [0.15, 0.2) is 11.5 Å². The third kappa shape index (κ3) is 7.07. The van der Waals surface area contributed by atoms with Gasteiger partial charge in [0.05, 0.1) is 18.8 Å². The summed E-state index contributed by atoms with van der Waals surface area (Å²) >= 11 is 0. The molecule has 2 aromatic carbocycles. The lowest BCUT2D eigenvalue weighted by molar-refractivity contribution is 0.0632. The fraction of sp³-hybridized carbons (Fsp3) is 0.528. The van der Waals surface area contributed by atoms with Crippen molar-refractivity contribution in [3.8, 4) is 11.5 Å². The van der Waals surface area contributed by atoms with Crippen molar-refractivity contribution in [3.05, 3.63) is 83.1 Å². The average Bonchev–Trinajstić information content (AvgIpc) is 3.00. The van der Waals surface area contributed by atoms with Crippen LogP contribution in [0.1, 0.15) is 100 Å². The molecule has 0 heterocycles. The lowest BCUT2D eigenvalue weighted by Gasteiger charge is -2.42. The highest BCUT2D eigenvalue weighted by atomic mass is 19.2. The second-order valence-corrected chi connectivity index (χ2v) is 12.7. The van der Waals surface area contributed by atoms with Crippen LogP contribution in [0.15, 0.2) is 60.4 Å². The van der Waals surface area contributed by atoms with Crippen LogP contribution < -0.4 is 9.47 Å². The van der Waals surface area contributed by atoms with Gasteiger partial charge in [-0.25, -0.2) is 4.79 Å². The summed E-state index contributed by atoms with van der Waals surface area (Å²) in [6.07, 6.45) is 15.9. The zero-order valence-electron chi connectivity index (χ0n) is 25.2. The Kier molecular flexibility index (Phi) is 9.70. The molecule has 0 bridgehead atoms. The summed E-state index contributed by atoms with van der Waals surface area (Å²) in [6.45, 7) is 6.84. The number of allylic oxidation sites excluding steroid dienone is 3. The lowest BCUT2D eigenvalue weighted by atomic mass is 9.64. The molecule has 0 radical (unpaired) electrons. The van der Waals surface area contributed by atoms with Crippen molar-refractivity contribution in [2.75, 3.05) is 13.2 Å². The van der Waals surface area contributed by atoms with E-state index in [1.807, 2.05) is 24.3 Å². The predicted octanol–water partition coefficient (Wildman–Crippen LogP) is 9.55. The van der Waals surface area contributed by atoms with Crippen molar-refractivity contribution in [2.45, 2.75) is 84.5 Å². The summed E-state index contributed by atoms with van der Waals surface area (Å²) in [4.78, 5) is 12.8. The molecule has 0 aliphatic heterocycles. The molecule has 5 rings (SSSR count). The topological polar surface area (TPSA) is 44.8 Å². The van der Waals surface area contributed by atoms with Gasteiger partial charge >= 0.3 is 5.97 Å². The van der Waals surface area contributed by atoms with Gasteiger partial charge in [0.25, 0.3) is 0 Å². The van der Waals surface area contributed by atoms with E-state index in [1.54, 1.807) is 6.92 Å². The highest BCUT2D eigenvalue weighted by molar-refractivity contribution is 5.90. The highest BCUT2D eigenvalue weighted by Gasteiger charge is 2.36. The molecular formula is C36H44F2O4. The first-order valence-corrected chi connectivity index (χ1v) is 15.7. The minimum absolute atomic E-state index is 0.0454. The molecule has 2 fully saturated rings. The number of rotatable bonds is 10. The van der Waals surface area contributed by atoms with Crippen molar-refractivity contribution >= 4 is 5.97 Å². The molecule has 42 heavy (non-hydrogen) atoms. The number of benzene rings is 2. The molecule has 5 unspecified atom stereocenters. The van der Waals surface area contributed by atoms with Crippen LogP contribution in [0.25, 0.3) is 0 Å². The van der Waals surface area contributed by atoms with E-state index in [-0.39, 0.29) is 29.5 Å². The predicted molar refractivity (Wildman–Crippen MR) is 161 cm³/mol. The quantitative estimate of drug-likeness (QED) is 0.263. The molecule has 3 aliphatic rings. The zero-order chi connectivity index (χ0) is 29.7. The van der Waals surface area contributed by atoms with E-state index in [0.29, 0.717) is 41.6 Å². The maximum atomic E-state index is 14.4. The third-order valence-corrected chi connectivity index (χ3v) is 9.58. The van der Waals surface area contributed by atoms with Crippen LogP contribution in [-0.4, -0.2) is 19.2 Å². The van der Waals surface area contributed by atoms with E-state index in [9.17, 15) is 13.6 Å². The maximum Gasteiger partial charge on any atom is 0.343 e. The van der Waals surface area contributed by atoms with Crippen LogP contribution >= 0.6 is 0 Å². The van der Waals surface area contributed by atoms with E-state index in [4.69, 9.17) is 14.2 Å². The average molecular weight is 579 g/mol. The first-order valence-electron chi connectivity index (χ1n) is 15.7. The van der Waals surface area contributed by atoms with Crippen LogP contribution in [0.3, 0.4) is 0 Å². The van der Waals surface area contributed by atoms with Crippen LogP contribution in [0.2, 0.25) is 0 Å². The zero-order valence-corrected chi connectivity index (χ0v) is 25.2. The fourth-order valence-corrected chi connectivity index (χ4v) is 7.18. The van der Waals surface area contributed by atoms with Gasteiger partial charge in [-0.1, -0.05) is 38.5 Å². The Morgan fingerprint density at radius 3 is 2.26 bits per heavy atom. The summed E-state index contributed by atoms with van der Waals surface area (Å²) in [6, 6.07) is 10.9. The first-order chi connectivity index (χ1) is 20.3. The van der Waals surface area contributed by atoms with Crippen LogP contribution in [-0.2, 0) is 4.74 Å². The summed E-state index contributed by atoms with van der Waals surface area (Å²) < 4.78 is 45.2. The second kappa shape index (κ2) is 13.4. The summed E-state index contributed by atoms with van der Waals surface area (Å²) in [5.41, 5.74) is 2.01. The summed E-state index contributed by atoms with van der Waals surface area (Å²) in [5, 5.41) is 0. The third-order valence-electron chi connectivity index (χ3n) is 9.58. The fourth-order valence-electron chi connectivity index (χ4n) is 7.18. The molecule has 3 aliphatic carbocycles. The van der Waals surface area contributed by atoms with Crippen molar-refractivity contribution in [1.29, 1.82) is 0 Å². The molecule has 2 aromatic rings. The summed E-state index contributed by atoms with van der Waals surface area (Å²) in [5.74, 6) is 0.352. The minimum atomic E-state index is -0.991. The molecule has 0 amide bonds. The Balaban J connectivity index is 1.09. The van der Waals surface area contributed by atoms with Gasteiger partial charge in [-0.05, 0) is 129 Å². The number of hydrogen-bond donors (Lipinski definition) is 0. The van der Waals surface area contributed by atoms with Gasteiger partial charge in [0, 0.05) is 0 Å². The Bertz CT molecular complexity index is 1300. The highest BCUT2D eigenvalue weighted by Crippen LogP contribution is 2.48. The van der Waals surface area contributed by atoms with E-state index < -0.39 is 11.6 Å². The Morgan fingerprint density at radius 1 is 0.905 bits per heavy atom. The van der Waals surface area contributed by atoms with E-state index in [1.165, 1.54) is 17.7 Å². The smallest absolute Gasteiger partial charge is 0.343 e. The number of halogens is 2. The number of fused-ring (bicyclic) bond motifs is 1. The minimum Gasteiger partial charge on any atom is -0.491 e. The standard InChI is InChI=1S/C36H44F2O4/c1-4-18-36(3)19-16-30(17-20-36)42-35(39)26-10-8-25(9-11-26)28-13-12-27-21-24(6-7-29(27)22-28)23-41-32-15-14-31(40-5-2)33(37)34(32)38/h8-11,14-17,19,24,27-29H,4-7,12-13,18,20-23H2,1-3H3. The first kappa shape index (κ1) is 30.3. The normalized spacial score (nSPS) is 27.1. The van der Waals surface area contributed by atoms with Crippen molar-refractivity contribution in [2.24, 2.45) is 23.2 Å². The van der Waals surface area contributed by atoms with Crippen LogP contribution in [0, 0.1) is 34.8 Å². The Labute approximate surface area is 249 Å². The lowest BCUT2D eigenvalue weighted by Crippen LogP contribution is -2.32. The number of carbonyl (C=O) groups is 1. The maximum absolute atomic E-state index is 14.4. The number of carbonyl (C=O) groups excluding carboxylic acids is 1. The molecule has 0 saturated heterocycles. The van der Waals surface area contributed by atoms with Gasteiger partial charge in [0.2, 0.25) is 11.6 Å². The van der Waals surface area contributed by atoms with Gasteiger partial charge < -0.3 is 14.2 Å². The molecule has 0 aromatic heterocycles. The molecule has 5 atom stereocenters. The Morgan fingerprint density at radius 2 is 1.60 bits per heavy atom. The summed E-state index contributed by atoms with van der Waals surface area (Å²) in [7, 11) is 0. The van der Waals surface area contributed by atoms with E-state index in [0.717, 1.165) is 57.8 Å². The van der Waals surface area contributed by atoms with Gasteiger partial charge in [-0.3, -0.25) is 0 Å². The molecule has 0 spiro atoms. The largest absolute Gasteiger partial charge is 0.491 e. The Hall–Kier alpha value is -3.15. The van der Waals surface area contributed by atoms with Gasteiger partial charge in [-0.2, -0.15) is 8.78 Å². The number of esters is 1. The molecular weight excluding hydrogens is 534 g/mol. The molecule has 0 N–H and O–H groups in total. The molecule has 226 valence electrons. The van der Waals surface area contributed by atoms with Crippen LogP contribution in [0.5, 0.6) is 11.5 Å². The number of hydrogen-bond acceptors (Lipinski definition) is 4. The molecule has 2 saturated carbocycles.